The third kappa shape index (κ3) is 3.72. The molecule has 0 saturated carbocycles. The fourth-order valence-electron chi connectivity index (χ4n) is 2.31. The maximum atomic E-state index is 11.9. The van der Waals surface area contributed by atoms with Gasteiger partial charge in [0.2, 0.25) is 5.89 Å². The van der Waals surface area contributed by atoms with Crippen LogP contribution in [-0.2, 0) is 4.74 Å². The molecule has 1 aliphatic heterocycles. The Hall–Kier alpha value is -1.56. The van der Waals surface area contributed by atoms with Gasteiger partial charge in [0.1, 0.15) is 18.0 Å². The number of aliphatic hydroxyl groups is 1. The second kappa shape index (κ2) is 5.83. The normalized spacial score (nSPS) is 18.9. The van der Waals surface area contributed by atoms with Crippen molar-refractivity contribution in [2.45, 2.75) is 45.3 Å². The van der Waals surface area contributed by atoms with Crippen molar-refractivity contribution >= 4 is 6.09 Å². The van der Waals surface area contributed by atoms with Crippen LogP contribution in [0.4, 0.5) is 4.79 Å². The molecule has 2 heterocycles. The largest absolute Gasteiger partial charge is 0.446 e. The number of nitrogens with zero attached hydrogens (tertiary/aromatic N) is 2. The fraction of sp³-hybridized carbons (Fsp3) is 0.714. The number of ether oxygens (including phenoxy) is 1. The van der Waals surface area contributed by atoms with E-state index in [9.17, 15) is 9.90 Å². The molecule has 0 unspecified atom stereocenters. The Balaban J connectivity index is 1.85. The molecule has 1 saturated heterocycles. The van der Waals surface area contributed by atoms with Crippen LogP contribution in [0.2, 0.25) is 0 Å². The van der Waals surface area contributed by atoms with E-state index in [0.717, 1.165) is 0 Å². The number of piperidine rings is 1. The maximum absolute atomic E-state index is 11.9. The highest BCUT2D eigenvalue weighted by atomic mass is 16.6. The van der Waals surface area contributed by atoms with Gasteiger partial charge in [-0.3, -0.25) is 0 Å². The first-order valence-corrected chi connectivity index (χ1v) is 6.92. The van der Waals surface area contributed by atoms with Gasteiger partial charge in [0.05, 0.1) is 6.20 Å². The average Bonchev–Trinajstić information content (AvgIpc) is 2.90. The van der Waals surface area contributed by atoms with Crippen molar-refractivity contribution in [3.05, 3.63) is 18.4 Å². The summed E-state index contributed by atoms with van der Waals surface area (Å²) in [5.74, 6) is 0.410. The number of likely N-dealkylation sites (tertiary alicyclic amines) is 1. The molecule has 1 aromatic rings. The van der Waals surface area contributed by atoms with Crippen LogP contribution in [0.1, 0.15) is 45.6 Å². The van der Waals surface area contributed by atoms with Gasteiger partial charge in [-0.05, 0) is 39.5 Å². The van der Waals surface area contributed by atoms with Crippen molar-refractivity contribution in [2.24, 2.45) is 5.92 Å². The van der Waals surface area contributed by atoms with Gasteiger partial charge in [-0.1, -0.05) is 0 Å². The highest BCUT2D eigenvalue weighted by Gasteiger charge is 2.31. The molecule has 1 N–H and O–H groups in total. The molecular formula is C14H22N2O4. The fourth-order valence-corrected chi connectivity index (χ4v) is 2.31. The smallest absolute Gasteiger partial charge is 0.410 e. The zero-order chi connectivity index (χ0) is 14.8. The van der Waals surface area contributed by atoms with Gasteiger partial charge in [-0.25, -0.2) is 9.78 Å². The van der Waals surface area contributed by atoms with Crippen molar-refractivity contribution in [3.63, 3.8) is 0 Å². The molecule has 0 aromatic carbocycles. The van der Waals surface area contributed by atoms with Gasteiger partial charge < -0.3 is 19.2 Å². The van der Waals surface area contributed by atoms with E-state index in [1.807, 2.05) is 20.8 Å². The first-order valence-electron chi connectivity index (χ1n) is 6.92. The molecule has 1 fully saturated rings. The lowest BCUT2D eigenvalue weighted by molar-refractivity contribution is 0.00375. The number of hydrogen-bond acceptors (Lipinski definition) is 5. The third-order valence-corrected chi connectivity index (χ3v) is 3.34. The molecule has 6 nitrogen and oxygen atoms in total. The summed E-state index contributed by atoms with van der Waals surface area (Å²) in [6.07, 6.45) is 3.40. The Bertz CT molecular complexity index is 431. The van der Waals surface area contributed by atoms with Crippen LogP contribution in [0.3, 0.4) is 0 Å². The number of carbonyl (C=O) groups is 1. The lowest BCUT2D eigenvalue weighted by Crippen LogP contribution is -2.42. The summed E-state index contributed by atoms with van der Waals surface area (Å²) in [5.41, 5.74) is -0.481. The molecule has 1 amide bonds. The number of aliphatic hydroxyl groups excluding tert-OH is 1. The third-order valence-electron chi connectivity index (χ3n) is 3.34. The standard InChI is InChI=1S/C14H22N2O4/c1-14(2,3)20-13(18)16-7-4-10(5-8-16)11(17)12-15-6-9-19-12/h6,9-11,17H,4-5,7-8H2,1-3H3/t11-/m0/s1. The van der Waals surface area contributed by atoms with Crippen molar-refractivity contribution < 1.29 is 19.1 Å². The van der Waals surface area contributed by atoms with E-state index in [4.69, 9.17) is 9.15 Å². The number of oxazole rings is 1. The Labute approximate surface area is 118 Å². The summed E-state index contributed by atoms with van der Waals surface area (Å²) in [6.45, 7) is 6.71. The monoisotopic (exact) mass is 282 g/mol. The van der Waals surface area contributed by atoms with Gasteiger partial charge in [-0.15, -0.1) is 0 Å². The van der Waals surface area contributed by atoms with E-state index < -0.39 is 11.7 Å². The van der Waals surface area contributed by atoms with Crippen LogP contribution >= 0.6 is 0 Å². The SMILES string of the molecule is CC(C)(C)OC(=O)N1CCC([C@H](O)c2ncco2)CC1. The lowest BCUT2D eigenvalue weighted by atomic mass is 9.91. The van der Waals surface area contributed by atoms with E-state index in [-0.39, 0.29) is 12.0 Å². The van der Waals surface area contributed by atoms with E-state index in [1.165, 1.54) is 12.5 Å². The van der Waals surface area contributed by atoms with Crippen molar-refractivity contribution in [2.75, 3.05) is 13.1 Å². The zero-order valence-electron chi connectivity index (χ0n) is 12.2. The first-order chi connectivity index (χ1) is 9.37. The van der Waals surface area contributed by atoms with E-state index in [0.29, 0.717) is 31.8 Å². The van der Waals surface area contributed by atoms with E-state index in [2.05, 4.69) is 4.98 Å². The number of rotatable bonds is 2. The Kier molecular flexibility index (Phi) is 4.32. The Morgan fingerprint density at radius 3 is 2.65 bits per heavy atom. The van der Waals surface area contributed by atoms with E-state index >= 15 is 0 Å². The van der Waals surface area contributed by atoms with Crippen LogP contribution in [0, 0.1) is 5.92 Å². The quantitative estimate of drug-likeness (QED) is 0.901. The number of amides is 1. The second-order valence-electron chi connectivity index (χ2n) is 6.12. The van der Waals surface area contributed by atoms with Crippen LogP contribution < -0.4 is 0 Å². The molecule has 2 rings (SSSR count). The van der Waals surface area contributed by atoms with E-state index in [1.54, 1.807) is 4.90 Å². The molecule has 0 spiro atoms. The number of hydrogen-bond donors (Lipinski definition) is 1. The molecule has 1 aliphatic rings. The zero-order valence-corrected chi connectivity index (χ0v) is 12.2. The molecule has 0 radical (unpaired) electrons. The second-order valence-corrected chi connectivity index (χ2v) is 6.12. The van der Waals surface area contributed by atoms with Crippen molar-refractivity contribution in [1.82, 2.24) is 9.88 Å². The summed E-state index contributed by atoms with van der Waals surface area (Å²) < 4.78 is 10.5. The van der Waals surface area contributed by atoms with Crippen LogP contribution in [0.5, 0.6) is 0 Å². The average molecular weight is 282 g/mol. The summed E-state index contributed by atoms with van der Waals surface area (Å²) >= 11 is 0. The summed E-state index contributed by atoms with van der Waals surface area (Å²) in [6, 6.07) is 0. The van der Waals surface area contributed by atoms with Crippen LogP contribution in [0.15, 0.2) is 16.9 Å². The predicted molar refractivity (Wildman–Crippen MR) is 72.0 cm³/mol. The highest BCUT2D eigenvalue weighted by molar-refractivity contribution is 5.68. The molecular weight excluding hydrogens is 260 g/mol. The molecule has 0 aliphatic carbocycles. The van der Waals surface area contributed by atoms with Crippen LogP contribution in [0.25, 0.3) is 0 Å². The molecule has 1 aromatic heterocycles. The van der Waals surface area contributed by atoms with Gasteiger partial charge in [-0.2, -0.15) is 0 Å². The minimum absolute atomic E-state index is 0.0623. The maximum Gasteiger partial charge on any atom is 0.410 e. The summed E-state index contributed by atoms with van der Waals surface area (Å²) in [5, 5.41) is 10.2. The van der Waals surface area contributed by atoms with Crippen molar-refractivity contribution in [1.29, 1.82) is 0 Å². The topological polar surface area (TPSA) is 75.8 Å². The van der Waals surface area contributed by atoms with Crippen LogP contribution in [-0.4, -0.2) is 39.8 Å². The van der Waals surface area contributed by atoms with Crippen molar-refractivity contribution in [3.8, 4) is 0 Å². The minimum atomic E-state index is -0.703. The number of carbonyl (C=O) groups excluding carboxylic acids is 1. The predicted octanol–water partition coefficient (Wildman–Crippen LogP) is 2.36. The number of aromatic nitrogens is 1. The summed E-state index contributed by atoms with van der Waals surface area (Å²) in [7, 11) is 0. The molecule has 0 bridgehead atoms. The molecule has 6 heteroatoms. The van der Waals surface area contributed by atoms with Gasteiger partial charge in [0, 0.05) is 13.1 Å². The van der Waals surface area contributed by atoms with Gasteiger partial charge in [0.15, 0.2) is 0 Å². The Morgan fingerprint density at radius 2 is 2.15 bits per heavy atom. The minimum Gasteiger partial charge on any atom is -0.446 e. The molecule has 20 heavy (non-hydrogen) atoms. The highest BCUT2D eigenvalue weighted by Crippen LogP contribution is 2.30. The first kappa shape index (κ1) is 14.8. The summed E-state index contributed by atoms with van der Waals surface area (Å²) in [4.78, 5) is 17.6. The van der Waals surface area contributed by atoms with Gasteiger partial charge in [0.25, 0.3) is 0 Å². The molecule has 112 valence electrons. The molecule has 1 atom stereocenters. The Morgan fingerprint density at radius 1 is 1.50 bits per heavy atom. The lowest BCUT2D eigenvalue weighted by Gasteiger charge is -2.34. The van der Waals surface area contributed by atoms with Gasteiger partial charge >= 0.3 is 6.09 Å².